The number of nitrogens with one attached hydrogen (secondary N) is 2. The molecule has 0 aliphatic heterocycles. The fourth-order valence-corrected chi connectivity index (χ4v) is 3.56. The normalized spacial score (nSPS) is 10.8. The molecule has 0 atom stereocenters. The van der Waals surface area contributed by atoms with Gasteiger partial charge in [0.15, 0.2) is 6.61 Å². The number of hydrogen-bond acceptors (Lipinski definition) is 3. The van der Waals surface area contributed by atoms with Gasteiger partial charge in [0.05, 0.1) is 0 Å². The van der Waals surface area contributed by atoms with E-state index in [0.717, 1.165) is 34.8 Å². The van der Waals surface area contributed by atoms with E-state index in [0.29, 0.717) is 12.3 Å². The molecule has 4 aromatic rings. The first-order chi connectivity index (χ1) is 13.7. The van der Waals surface area contributed by atoms with Crippen molar-refractivity contribution in [3.8, 4) is 5.75 Å². The molecule has 0 unspecified atom stereocenters. The van der Waals surface area contributed by atoms with Crippen molar-refractivity contribution in [3.63, 3.8) is 0 Å². The number of aromatic amines is 1. The van der Waals surface area contributed by atoms with Crippen LogP contribution in [0.2, 0.25) is 0 Å². The quantitative estimate of drug-likeness (QED) is 0.385. The van der Waals surface area contributed by atoms with Crippen molar-refractivity contribution in [1.82, 2.24) is 10.3 Å². The molecule has 150 valence electrons. The van der Waals surface area contributed by atoms with Crippen LogP contribution >= 0.6 is 12.4 Å². The van der Waals surface area contributed by atoms with E-state index in [-0.39, 0.29) is 19.0 Å². The van der Waals surface area contributed by atoms with Crippen LogP contribution in [0.25, 0.3) is 21.7 Å². The molecule has 1 amide bonds. The van der Waals surface area contributed by atoms with Gasteiger partial charge in [-0.1, -0.05) is 48.5 Å². The first-order valence-electron chi connectivity index (χ1n) is 9.40. The Bertz CT molecular complexity index is 1120. The second-order valence-corrected chi connectivity index (χ2v) is 6.80. The Kier molecular flexibility index (Phi) is 6.75. The zero-order valence-electron chi connectivity index (χ0n) is 16.0. The highest BCUT2D eigenvalue weighted by Crippen LogP contribution is 2.28. The third-order valence-electron chi connectivity index (χ3n) is 4.92. The van der Waals surface area contributed by atoms with Gasteiger partial charge in [0.25, 0.3) is 5.91 Å². The molecular formula is C23H24ClN3O2. The van der Waals surface area contributed by atoms with Crippen molar-refractivity contribution in [2.75, 3.05) is 13.2 Å². The molecule has 1 heterocycles. The Morgan fingerprint density at radius 1 is 1.00 bits per heavy atom. The van der Waals surface area contributed by atoms with Crippen molar-refractivity contribution >= 4 is 40.0 Å². The second-order valence-electron chi connectivity index (χ2n) is 6.80. The van der Waals surface area contributed by atoms with Gasteiger partial charge in [-0.15, -0.1) is 12.4 Å². The van der Waals surface area contributed by atoms with Crippen LogP contribution < -0.4 is 15.8 Å². The number of carbonyl (C=O) groups excluding carboxylic acids is 1. The van der Waals surface area contributed by atoms with E-state index in [1.165, 1.54) is 10.9 Å². The molecule has 0 aliphatic carbocycles. The summed E-state index contributed by atoms with van der Waals surface area (Å²) in [6.45, 7) is 1.36. The highest BCUT2D eigenvalue weighted by Gasteiger charge is 2.10. The minimum absolute atomic E-state index is 0. The van der Waals surface area contributed by atoms with Gasteiger partial charge in [-0.05, 0) is 41.4 Å². The van der Waals surface area contributed by atoms with Gasteiger partial charge in [0.1, 0.15) is 5.75 Å². The monoisotopic (exact) mass is 409 g/mol. The zero-order valence-corrected chi connectivity index (χ0v) is 16.8. The summed E-state index contributed by atoms with van der Waals surface area (Å²) in [6.07, 6.45) is 3.00. The lowest BCUT2D eigenvalue weighted by Gasteiger charge is -2.14. The molecule has 0 aliphatic rings. The summed E-state index contributed by atoms with van der Waals surface area (Å²) in [7, 11) is 0. The van der Waals surface area contributed by atoms with Gasteiger partial charge in [-0.2, -0.15) is 0 Å². The maximum absolute atomic E-state index is 11.1. The number of aromatic nitrogens is 1. The summed E-state index contributed by atoms with van der Waals surface area (Å²) in [5.41, 5.74) is 8.74. The number of benzene rings is 3. The minimum Gasteiger partial charge on any atom is -0.483 e. The predicted octanol–water partition coefficient (Wildman–Crippen LogP) is 3.94. The zero-order chi connectivity index (χ0) is 19.3. The van der Waals surface area contributed by atoms with E-state index in [9.17, 15) is 4.79 Å². The Balaban J connectivity index is 0.00000240. The van der Waals surface area contributed by atoms with E-state index in [2.05, 4.69) is 46.8 Å². The summed E-state index contributed by atoms with van der Waals surface area (Å²) in [6, 6.07) is 20.4. The van der Waals surface area contributed by atoms with E-state index < -0.39 is 5.91 Å². The van der Waals surface area contributed by atoms with Gasteiger partial charge in [-0.3, -0.25) is 4.79 Å². The van der Waals surface area contributed by atoms with E-state index in [1.807, 2.05) is 30.3 Å². The number of halogens is 1. The maximum Gasteiger partial charge on any atom is 0.255 e. The lowest BCUT2D eigenvalue weighted by molar-refractivity contribution is -0.119. The number of carbonyl (C=O) groups is 1. The highest BCUT2D eigenvalue weighted by molar-refractivity contribution is 5.88. The Hall–Kier alpha value is -3.02. The third kappa shape index (κ3) is 4.70. The van der Waals surface area contributed by atoms with E-state index in [4.69, 9.17) is 10.5 Å². The first kappa shape index (κ1) is 20.7. The summed E-state index contributed by atoms with van der Waals surface area (Å²) in [5, 5.41) is 7.03. The summed E-state index contributed by atoms with van der Waals surface area (Å²) >= 11 is 0. The topological polar surface area (TPSA) is 80.1 Å². The van der Waals surface area contributed by atoms with Gasteiger partial charge in [0, 0.05) is 29.2 Å². The number of para-hydroxylation sites is 1. The first-order valence-corrected chi connectivity index (χ1v) is 9.40. The van der Waals surface area contributed by atoms with Gasteiger partial charge >= 0.3 is 0 Å². The molecule has 3 aromatic carbocycles. The number of primary amides is 1. The Morgan fingerprint density at radius 3 is 2.59 bits per heavy atom. The standard InChI is InChI=1S/C23H23N3O2.ClH/c24-23(27)15-28-22-10-9-16-5-1-2-6-18(16)20(22)14-25-12-11-17-13-26-21-8-4-3-7-19(17)21;/h1-10,13,25-26H,11-12,14-15H2,(H2,24,27);1H. The molecule has 0 spiro atoms. The second kappa shape index (κ2) is 9.45. The van der Waals surface area contributed by atoms with Crippen LogP contribution in [0.15, 0.2) is 66.9 Å². The van der Waals surface area contributed by atoms with Gasteiger partial charge < -0.3 is 20.8 Å². The average molecular weight is 410 g/mol. The molecule has 5 nitrogen and oxygen atoms in total. The van der Waals surface area contributed by atoms with Crippen LogP contribution in [-0.4, -0.2) is 24.0 Å². The number of hydrogen-bond donors (Lipinski definition) is 3. The summed E-state index contributed by atoms with van der Waals surface area (Å²) in [4.78, 5) is 14.4. The van der Waals surface area contributed by atoms with Crippen molar-refractivity contribution in [3.05, 3.63) is 78.0 Å². The molecule has 29 heavy (non-hydrogen) atoms. The molecule has 0 saturated carbocycles. The molecule has 0 bridgehead atoms. The average Bonchev–Trinajstić information content (AvgIpc) is 3.13. The number of fused-ring (bicyclic) bond motifs is 2. The van der Waals surface area contributed by atoms with E-state index >= 15 is 0 Å². The largest absolute Gasteiger partial charge is 0.483 e. The van der Waals surface area contributed by atoms with Crippen LogP contribution in [0.3, 0.4) is 0 Å². The van der Waals surface area contributed by atoms with Crippen LogP contribution in [0.5, 0.6) is 5.75 Å². The lowest BCUT2D eigenvalue weighted by atomic mass is 10.0. The SMILES string of the molecule is Cl.NC(=O)COc1ccc2ccccc2c1CNCCc1c[nH]c2ccccc12. The Labute approximate surface area is 175 Å². The number of rotatable bonds is 8. The fourth-order valence-electron chi connectivity index (χ4n) is 3.56. The Morgan fingerprint density at radius 2 is 1.76 bits per heavy atom. The molecule has 4 N–H and O–H groups in total. The third-order valence-corrected chi connectivity index (χ3v) is 4.92. The molecule has 0 saturated heterocycles. The molecule has 6 heteroatoms. The minimum atomic E-state index is -0.480. The maximum atomic E-state index is 11.1. The molecule has 0 radical (unpaired) electrons. The molecule has 0 fully saturated rings. The number of nitrogens with two attached hydrogens (primary N) is 1. The summed E-state index contributed by atoms with van der Waals surface area (Å²) in [5.74, 6) is 0.212. The predicted molar refractivity (Wildman–Crippen MR) is 120 cm³/mol. The summed E-state index contributed by atoms with van der Waals surface area (Å²) < 4.78 is 5.65. The van der Waals surface area contributed by atoms with Gasteiger partial charge in [0.2, 0.25) is 0 Å². The lowest BCUT2D eigenvalue weighted by Crippen LogP contribution is -2.22. The van der Waals surface area contributed by atoms with Crippen molar-refractivity contribution in [2.45, 2.75) is 13.0 Å². The van der Waals surface area contributed by atoms with Crippen LogP contribution in [-0.2, 0) is 17.8 Å². The van der Waals surface area contributed by atoms with Crippen LogP contribution in [0.1, 0.15) is 11.1 Å². The molecule has 1 aromatic heterocycles. The number of H-pyrrole nitrogens is 1. The number of amides is 1. The fraction of sp³-hybridized carbons (Fsp3) is 0.174. The van der Waals surface area contributed by atoms with Crippen LogP contribution in [0, 0.1) is 0 Å². The molecule has 4 rings (SSSR count). The smallest absolute Gasteiger partial charge is 0.255 e. The van der Waals surface area contributed by atoms with Gasteiger partial charge in [-0.25, -0.2) is 0 Å². The van der Waals surface area contributed by atoms with Crippen molar-refractivity contribution in [2.24, 2.45) is 5.73 Å². The number of ether oxygens (including phenoxy) is 1. The van der Waals surface area contributed by atoms with Crippen LogP contribution in [0.4, 0.5) is 0 Å². The van der Waals surface area contributed by atoms with Crippen molar-refractivity contribution < 1.29 is 9.53 Å². The van der Waals surface area contributed by atoms with Crippen molar-refractivity contribution in [1.29, 1.82) is 0 Å². The highest BCUT2D eigenvalue weighted by atomic mass is 35.5. The van der Waals surface area contributed by atoms with E-state index in [1.54, 1.807) is 0 Å². The molecular weight excluding hydrogens is 386 g/mol.